The summed E-state index contributed by atoms with van der Waals surface area (Å²) in [4.78, 5) is 13.4. The molecule has 0 saturated carbocycles. The van der Waals surface area contributed by atoms with Crippen molar-refractivity contribution in [2.45, 2.75) is 220 Å². The SMILES string of the molecule is CCCCCCCCC(CCCCCCCC)Oc1nc(N)nc(OC(CCCCCCCC)CCCCCCCC)n1. The smallest absolute Gasteiger partial charge is 0.324 e. The Hall–Kier alpha value is -1.59. The quantitative estimate of drug-likeness (QED) is 0.0823. The fourth-order valence-corrected chi connectivity index (χ4v) is 5.89. The summed E-state index contributed by atoms with van der Waals surface area (Å²) in [7, 11) is 0. The van der Waals surface area contributed by atoms with Crippen molar-refractivity contribution in [3.63, 3.8) is 0 Å². The third-order valence-electron chi connectivity index (χ3n) is 8.67. The maximum atomic E-state index is 6.42. The van der Waals surface area contributed by atoms with Crippen LogP contribution in [0, 0.1) is 0 Å². The predicted octanol–water partition coefficient (Wildman–Crippen LogP) is 12.0. The van der Waals surface area contributed by atoms with E-state index in [4.69, 9.17) is 15.2 Å². The van der Waals surface area contributed by atoms with Gasteiger partial charge in [0.25, 0.3) is 0 Å². The molecule has 0 bridgehead atoms. The first-order valence-electron chi connectivity index (χ1n) is 19.0. The van der Waals surface area contributed by atoms with Crippen LogP contribution in [0.2, 0.25) is 0 Å². The van der Waals surface area contributed by atoms with E-state index in [0.29, 0.717) is 12.0 Å². The molecule has 0 aliphatic heterocycles. The van der Waals surface area contributed by atoms with E-state index < -0.39 is 0 Å². The Morgan fingerprint density at radius 1 is 0.395 bits per heavy atom. The van der Waals surface area contributed by atoms with Gasteiger partial charge in [-0.3, -0.25) is 0 Å². The van der Waals surface area contributed by atoms with Gasteiger partial charge in [0.05, 0.1) is 0 Å². The third-order valence-corrected chi connectivity index (χ3v) is 8.67. The van der Waals surface area contributed by atoms with Gasteiger partial charge in [-0.1, -0.05) is 156 Å². The number of hydrogen-bond acceptors (Lipinski definition) is 6. The number of anilines is 1. The number of ether oxygens (including phenoxy) is 2. The zero-order chi connectivity index (χ0) is 31.2. The highest BCUT2D eigenvalue weighted by Crippen LogP contribution is 2.23. The van der Waals surface area contributed by atoms with Gasteiger partial charge in [-0.2, -0.15) is 9.97 Å². The second-order valence-corrected chi connectivity index (χ2v) is 13.0. The second-order valence-electron chi connectivity index (χ2n) is 13.0. The monoisotopic (exact) mass is 605 g/mol. The van der Waals surface area contributed by atoms with Crippen LogP contribution >= 0.6 is 0 Å². The van der Waals surface area contributed by atoms with Crippen LogP contribution in [0.3, 0.4) is 0 Å². The average molecular weight is 605 g/mol. The number of nitrogens with two attached hydrogens (primary N) is 1. The highest BCUT2D eigenvalue weighted by atomic mass is 16.5. The van der Waals surface area contributed by atoms with Crippen molar-refractivity contribution in [2.75, 3.05) is 5.73 Å². The van der Waals surface area contributed by atoms with E-state index in [0.717, 1.165) is 25.7 Å². The second kappa shape index (κ2) is 29.1. The molecule has 0 atom stereocenters. The minimum Gasteiger partial charge on any atom is -0.460 e. The highest BCUT2D eigenvalue weighted by molar-refractivity contribution is 5.20. The molecule has 0 aliphatic carbocycles. The molecule has 0 fully saturated rings. The van der Waals surface area contributed by atoms with Crippen LogP contribution in [-0.4, -0.2) is 27.2 Å². The van der Waals surface area contributed by atoms with E-state index in [-0.39, 0.29) is 18.2 Å². The molecular formula is C37H72N4O2. The molecule has 0 aliphatic rings. The van der Waals surface area contributed by atoms with E-state index >= 15 is 0 Å². The number of aromatic nitrogens is 3. The molecule has 1 aromatic rings. The maximum absolute atomic E-state index is 6.42. The van der Waals surface area contributed by atoms with Crippen molar-refractivity contribution >= 4 is 5.95 Å². The molecule has 2 N–H and O–H groups in total. The van der Waals surface area contributed by atoms with Gasteiger partial charge in [-0.25, -0.2) is 0 Å². The summed E-state index contributed by atoms with van der Waals surface area (Å²) in [6.45, 7) is 9.09. The van der Waals surface area contributed by atoms with Gasteiger partial charge in [0, 0.05) is 0 Å². The Bertz CT molecular complexity index is 644. The Morgan fingerprint density at radius 2 is 0.651 bits per heavy atom. The van der Waals surface area contributed by atoms with Crippen molar-refractivity contribution in [1.82, 2.24) is 15.0 Å². The Balaban J connectivity index is 2.76. The summed E-state index contributed by atoms with van der Waals surface area (Å²) in [5.41, 5.74) is 6.16. The normalized spacial score (nSPS) is 11.6. The van der Waals surface area contributed by atoms with Gasteiger partial charge in [0.1, 0.15) is 12.2 Å². The number of nitrogen functional groups attached to an aromatic ring is 1. The van der Waals surface area contributed by atoms with Gasteiger partial charge in [0.2, 0.25) is 5.95 Å². The van der Waals surface area contributed by atoms with Gasteiger partial charge < -0.3 is 15.2 Å². The van der Waals surface area contributed by atoms with Gasteiger partial charge in [0.15, 0.2) is 0 Å². The lowest BCUT2D eigenvalue weighted by atomic mass is 10.0. The minimum absolute atomic E-state index is 0.119. The van der Waals surface area contributed by atoms with E-state index in [2.05, 4.69) is 42.6 Å². The topological polar surface area (TPSA) is 83.2 Å². The summed E-state index contributed by atoms with van der Waals surface area (Å²) in [5.74, 6) is 0.191. The molecule has 1 heterocycles. The first-order valence-corrected chi connectivity index (χ1v) is 19.0. The molecule has 0 amide bonds. The highest BCUT2D eigenvalue weighted by Gasteiger charge is 2.18. The molecule has 0 saturated heterocycles. The molecule has 43 heavy (non-hydrogen) atoms. The Kier molecular flexibility index (Phi) is 26.7. The summed E-state index contributed by atoms with van der Waals surface area (Å²) in [6, 6.07) is 0.671. The van der Waals surface area contributed by atoms with Crippen LogP contribution in [-0.2, 0) is 0 Å². The van der Waals surface area contributed by atoms with E-state index in [1.165, 1.54) is 154 Å². The number of nitrogens with zero attached hydrogens (tertiary/aromatic N) is 3. The van der Waals surface area contributed by atoms with Crippen LogP contribution in [0.5, 0.6) is 12.0 Å². The van der Waals surface area contributed by atoms with Crippen molar-refractivity contribution in [2.24, 2.45) is 0 Å². The standard InChI is InChI=1S/C37H72N4O2/c1-5-9-13-17-21-25-29-33(30-26-22-18-14-10-6-2)42-36-39-35(38)40-37(41-36)43-34(31-27-23-19-15-11-7-3)32-28-24-20-16-12-8-4/h33-34H,5-32H2,1-4H3,(H2,38,39,40,41). The van der Waals surface area contributed by atoms with E-state index in [1.807, 2.05) is 0 Å². The number of rotatable bonds is 32. The van der Waals surface area contributed by atoms with Crippen LogP contribution in [0.4, 0.5) is 5.95 Å². The van der Waals surface area contributed by atoms with Gasteiger partial charge in [-0.15, -0.1) is 4.98 Å². The molecule has 0 aromatic carbocycles. The van der Waals surface area contributed by atoms with Crippen molar-refractivity contribution in [3.05, 3.63) is 0 Å². The summed E-state index contributed by atoms with van der Waals surface area (Å²) in [5, 5.41) is 0. The molecule has 6 nitrogen and oxygen atoms in total. The van der Waals surface area contributed by atoms with Crippen molar-refractivity contribution < 1.29 is 9.47 Å². The fraction of sp³-hybridized carbons (Fsp3) is 0.919. The van der Waals surface area contributed by atoms with Crippen LogP contribution in [0.1, 0.15) is 207 Å². The summed E-state index contributed by atoms with van der Waals surface area (Å²) in [6.07, 6.45) is 35.3. The molecule has 0 radical (unpaired) electrons. The lowest BCUT2D eigenvalue weighted by molar-refractivity contribution is 0.139. The van der Waals surface area contributed by atoms with Crippen LogP contribution in [0.25, 0.3) is 0 Å². The lowest BCUT2D eigenvalue weighted by Crippen LogP contribution is -2.21. The zero-order valence-corrected chi connectivity index (χ0v) is 29.2. The third kappa shape index (κ3) is 23.5. The number of hydrogen-bond donors (Lipinski definition) is 1. The molecular weight excluding hydrogens is 532 g/mol. The predicted molar refractivity (Wildman–Crippen MR) is 185 cm³/mol. The van der Waals surface area contributed by atoms with E-state index in [1.54, 1.807) is 0 Å². The summed E-state index contributed by atoms with van der Waals surface area (Å²) < 4.78 is 12.8. The molecule has 1 aromatic heterocycles. The molecule has 252 valence electrons. The minimum atomic E-state index is 0.119. The first-order chi connectivity index (χ1) is 21.1. The van der Waals surface area contributed by atoms with Gasteiger partial charge in [-0.05, 0) is 51.4 Å². The average Bonchev–Trinajstić information content (AvgIpc) is 2.99. The Morgan fingerprint density at radius 3 is 0.930 bits per heavy atom. The van der Waals surface area contributed by atoms with Crippen LogP contribution in [0.15, 0.2) is 0 Å². The Labute approximate surface area is 267 Å². The maximum Gasteiger partial charge on any atom is 0.324 e. The van der Waals surface area contributed by atoms with Crippen LogP contribution < -0.4 is 15.2 Å². The van der Waals surface area contributed by atoms with E-state index in [9.17, 15) is 0 Å². The largest absolute Gasteiger partial charge is 0.460 e. The van der Waals surface area contributed by atoms with Gasteiger partial charge >= 0.3 is 12.0 Å². The number of unbranched alkanes of at least 4 members (excludes halogenated alkanes) is 20. The summed E-state index contributed by atoms with van der Waals surface area (Å²) >= 11 is 0. The molecule has 0 spiro atoms. The first kappa shape index (κ1) is 39.4. The van der Waals surface area contributed by atoms with Crippen molar-refractivity contribution in [3.8, 4) is 12.0 Å². The zero-order valence-electron chi connectivity index (χ0n) is 29.2. The van der Waals surface area contributed by atoms with Crippen molar-refractivity contribution in [1.29, 1.82) is 0 Å². The molecule has 6 heteroatoms. The molecule has 0 unspecified atom stereocenters. The fourth-order valence-electron chi connectivity index (χ4n) is 5.89. The lowest BCUT2D eigenvalue weighted by Gasteiger charge is -2.20. The molecule has 1 rings (SSSR count).